The Morgan fingerprint density at radius 3 is 2.64 bits per heavy atom. The summed E-state index contributed by atoms with van der Waals surface area (Å²) in [4.78, 5) is 2.70. The summed E-state index contributed by atoms with van der Waals surface area (Å²) in [5.74, 6) is 0. The van der Waals surface area contributed by atoms with Crippen LogP contribution in [0.1, 0.15) is 28.7 Å². The third kappa shape index (κ3) is 3.34. The minimum atomic E-state index is 1.18. The summed E-state index contributed by atoms with van der Waals surface area (Å²) in [6.07, 6.45) is 5.83. The first-order valence-electron chi connectivity index (χ1n) is 7.48. The van der Waals surface area contributed by atoms with Gasteiger partial charge in [-0.15, -0.1) is 11.8 Å². The van der Waals surface area contributed by atoms with E-state index in [-0.39, 0.29) is 0 Å². The van der Waals surface area contributed by atoms with E-state index < -0.39 is 0 Å². The molecule has 3 rings (SSSR count). The smallest absolute Gasteiger partial charge is 0.0486 e. The average molecular weight is 394 g/mol. The molecule has 2 aromatic rings. The van der Waals surface area contributed by atoms with Crippen molar-refractivity contribution in [3.8, 4) is 0 Å². The summed E-state index contributed by atoms with van der Waals surface area (Å²) >= 11 is 7.20. The van der Waals surface area contributed by atoms with Crippen molar-refractivity contribution in [1.82, 2.24) is 0 Å². The predicted octanol–water partition coefficient (Wildman–Crippen LogP) is 6.40. The quantitative estimate of drug-likeness (QED) is 0.476. The van der Waals surface area contributed by atoms with Crippen molar-refractivity contribution in [1.29, 1.82) is 0 Å². The Morgan fingerprint density at radius 2 is 1.86 bits per heavy atom. The average Bonchev–Trinajstić information content (AvgIpc) is 2.95. The third-order valence-electron chi connectivity index (χ3n) is 4.13. The molecule has 22 heavy (non-hydrogen) atoms. The van der Waals surface area contributed by atoms with Crippen LogP contribution in [0.2, 0.25) is 0 Å². The molecule has 0 saturated heterocycles. The number of hydrogen-bond donors (Lipinski definition) is 1. The topological polar surface area (TPSA) is 12.0 Å². The number of rotatable bonds is 4. The van der Waals surface area contributed by atoms with Gasteiger partial charge in [0.15, 0.2) is 0 Å². The molecule has 116 valence electrons. The largest absolute Gasteiger partial charge is 0.325 e. The van der Waals surface area contributed by atoms with Crippen molar-refractivity contribution < 1.29 is 0 Å². The lowest BCUT2D eigenvalue weighted by Gasteiger charge is -2.15. The standard InChI is InChI=1S/C18H20BrNS2/c1-11-7-16(12(2)17(8-11)21-3)20-22-18-10-14(19)9-13-5-4-6-15(13)18/h7-10,20H,4-6H2,1-3H3. The summed E-state index contributed by atoms with van der Waals surface area (Å²) in [7, 11) is 0. The molecule has 0 radical (unpaired) electrons. The molecular formula is C18H20BrNS2. The summed E-state index contributed by atoms with van der Waals surface area (Å²) in [5.41, 5.74) is 6.89. The van der Waals surface area contributed by atoms with Gasteiger partial charge in [0.25, 0.3) is 0 Å². The van der Waals surface area contributed by atoms with E-state index in [4.69, 9.17) is 0 Å². The second-order valence-electron chi connectivity index (χ2n) is 5.74. The molecule has 2 aromatic carbocycles. The summed E-state index contributed by atoms with van der Waals surface area (Å²) in [6, 6.07) is 9.01. The van der Waals surface area contributed by atoms with E-state index in [2.05, 4.69) is 65.0 Å². The number of aryl methyl sites for hydroxylation is 2. The highest BCUT2D eigenvalue weighted by Crippen LogP contribution is 2.37. The number of halogens is 1. The van der Waals surface area contributed by atoms with E-state index in [0.717, 1.165) is 0 Å². The van der Waals surface area contributed by atoms with Crippen LogP contribution < -0.4 is 4.72 Å². The Morgan fingerprint density at radius 1 is 1.05 bits per heavy atom. The molecule has 0 fully saturated rings. The lowest BCUT2D eigenvalue weighted by atomic mass is 10.1. The van der Waals surface area contributed by atoms with Crippen LogP contribution >= 0.6 is 39.6 Å². The highest BCUT2D eigenvalue weighted by molar-refractivity contribution is 9.10. The van der Waals surface area contributed by atoms with Gasteiger partial charge in [-0.3, -0.25) is 0 Å². The Balaban J connectivity index is 1.86. The molecule has 0 aliphatic heterocycles. The molecule has 1 aliphatic rings. The molecule has 0 saturated carbocycles. The van der Waals surface area contributed by atoms with Gasteiger partial charge in [-0.1, -0.05) is 15.9 Å². The lowest BCUT2D eigenvalue weighted by molar-refractivity contribution is 0.906. The molecule has 4 heteroatoms. The number of thioether (sulfide) groups is 1. The van der Waals surface area contributed by atoms with Crippen LogP contribution in [0.3, 0.4) is 0 Å². The molecular weight excluding hydrogens is 374 g/mol. The van der Waals surface area contributed by atoms with E-state index in [9.17, 15) is 0 Å². The van der Waals surface area contributed by atoms with Crippen molar-refractivity contribution in [2.75, 3.05) is 11.0 Å². The van der Waals surface area contributed by atoms with Crippen molar-refractivity contribution in [3.05, 3.63) is 51.0 Å². The van der Waals surface area contributed by atoms with Gasteiger partial charge in [-0.2, -0.15) is 0 Å². The number of fused-ring (bicyclic) bond motifs is 1. The van der Waals surface area contributed by atoms with Gasteiger partial charge in [0, 0.05) is 20.0 Å². The van der Waals surface area contributed by atoms with Gasteiger partial charge in [0.05, 0.1) is 0 Å². The minimum Gasteiger partial charge on any atom is -0.325 e. The summed E-state index contributed by atoms with van der Waals surface area (Å²) in [6.45, 7) is 4.35. The first-order valence-corrected chi connectivity index (χ1v) is 10.3. The van der Waals surface area contributed by atoms with Crippen LogP contribution in [0.15, 0.2) is 38.5 Å². The fourth-order valence-corrected chi connectivity index (χ4v) is 5.32. The van der Waals surface area contributed by atoms with Crippen molar-refractivity contribution >= 4 is 45.3 Å². The number of benzene rings is 2. The van der Waals surface area contributed by atoms with E-state index in [1.807, 2.05) is 11.8 Å². The van der Waals surface area contributed by atoms with Crippen LogP contribution in [0, 0.1) is 13.8 Å². The molecule has 0 atom stereocenters. The number of hydrogen-bond acceptors (Lipinski definition) is 3. The monoisotopic (exact) mass is 393 g/mol. The highest BCUT2D eigenvalue weighted by Gasteiger charge is 2.16. The van der Waals surface area contributed by atoms with Crippen LogP contribution in [-0.4, -0.2) is 6.26 Å². The van der Waals surface area contributed by atoms with Gasteiger partial charge in [-0.05, 0) is 97.8 Å². The second kappa shape index (κ2) is 6.90. The van der Waals surface area contributed by atoms with Gasteiger partial charge < -0.3 is 4.72 Å². The lowest BCUT2D eigenvalue weighted by Crippen LogP contribution is -1.96. The molecule has 0 aromatic heterocycles. The Kier molecular flexibility index (Phi) is 5.10. The molecule has 1 aliphatic carbocycles. The maximum absolute atomic E-state index is 3.65. The molecule has 1 nitrogen and oxygen atoms in total. The SMILES string of the molecule is CSc1cc(C)cc(NSc2cc(Br)cc3c2CCC3)c1C. The number of anilines is 1. The normalized spacial score (nSPS) is 13.3. The van der Waals surface area contributed by atoms with Crippen LogP contribution in [0.25, 0.3) is 0 Å². The first kappa shape index (κ1) is 16.3. The Labute approximate surface area is 149 Å². The van der Waals surface area contributed by atoms with Crippen molar-refractivity contribution in [3.63, 3.8) is 0 Å². The second-order valence-corrected chi connectivity index (χ2v) is 8.35. The molecule has 0 bridgehead atoms. The van der Waals surface area contributed by atoms with Crippen LogP contribution in [0.4, 0.5) is 5.69 Å². The van der Waals surface area contributed by atoms with Crippen molar-refractivity contribution in [2.24, 2.45) is 0 Å². The van der Waals surface area contributed by atoms with Crippen LogP contribution in [0.5, 0.6) is 0 Å². The van der Waals surface area contributed by atoms with E-state index in [1.165, 1.54) is 61.5 Å². The predicted molar refractivity (Wildman–Crippen MR) is 103 cm³/mol. The Bertz CT molecular complexity index is 713. The summed E-state index contributed by atoms with van der Waals surface area (Å²) in [5, 5.41) is 0. The Hall–Kier alpha value is -0.580. The third-order valence-corrected chi connectivity index (χ3v) is 6.36. The van der Waals surface area contributed by atoms with E-state index >= 15 is 0 Å². The molecule has 0 amide bonds. The zero-order valence-corrected chi connectivity index (χ0v) is 16.3. The minimum absolute atomic E-state index is 1.18. The van der Waals surface area contributed by atoms with Crippen LogP contribution in [-0.2, 0) is 12.8 Å². The molecule has 0 heterocycles. The molecule has 0 unspecified atom stereocenters. The van der Waals surface area contributed by atoms with E-state index in [0.29, 0.717) is 0 Å². The molecule has 0 spiro atoms. The number of nitrogens with one attached hydrogen (secondary N) is 1. The first-order chi connectivity index (χ1) is 10.6. The summed E-state index contributed by atoms with van der Waals surface area (Å²) < 4.78 is 4.77. The van der Waals surface area contributed by atoms with Gasteiger partial charge >= 0.3 is 0 Å². The molecule has 1 N–H and O–H groups in total. The fraction of sp³-hybridized carbons (Fsp3) is 0.333. The van der Waals surface area contributed by atoms with Gasteiger partial charge in [-0.25, -0.2) is 0 Å². The fourth-order valence-electron chi connectivity index (χ4n) is 2.97. The zero-order chi connectivity index (χ0) is 15.7. The maximum Gasteiger partial charge on any atom is 0.0486 e. The van der Waals surface area contributed by atoms with Gasteiger partial charge in [0.1, 0.15) is 0 Å². The zero-order valence-electron chi connectivity index (χ0n) is 13.1. The van der Waals surface area contributed by atoms with Gasteiger partial charge in [0.2, 0.25) is 0 Å². The maximum atomic E-state index is 3.65. The van der Waals surface area contributed by atoms with Crippen molar-refractivity contribution in [2.45, 2.75) is 42.9 Å². The highest BCUT2D eigenvalue weighted by atomic mass is 79.9. The van der Waals surface area contributed by atoms with E-state index in [1.54, 1.807) is 11.9 Å².